The van der Waals surface area contributed by atoms with E-state index in [0.29, 0.717) is 12.1 Å². The molecular formula is C18H21N3O2. The Bertz CT molecular complexity index is 706. The maximum atomic E-state index is 12.3. The van der Waals surface area contributed by atoms with E-state index < -0.39 is 0 Å². The highest BCUT2D eigenvalue weighted by atomic mass is 16.2. The van der Waals surface area contributed by atoms with Crippen molar-refractivity contribution in [3.63, 3.8) is 0 Å². The third-order valence-corrected chi connectivity index (χ3v) is 3.27. The molecule has 5 nitrogen and oxygen atoms in total. The quantitative estimate of drug-likeness (QED) is 0.891. The average Bonchev–Trinajstić information content (AvgIpc) is 2.51. The second-order valence-corrected chi connectivity index (χ2v) is 5.52. The van der Waals surface area contributed by atoms with Gasteiger partial charge in [-0.2, -0.15) is 0 Å². The van der Waals surface area contributed by atoms with Gasteiger partial charge in [0.05, 0.1) is 0 Å². The van der Waals surface area contributed by atoms with Crippen LogP contribution in [0.3, 0.4) is 0 Å². The molecule has 2 aromatic rings. The fourth-order valence-electron chi connectivity index (χ4n) is 2.28. The zero-order chi connectivity index (χ0) is 16.8. The van der Waals surface area contributed by atoms with Crippen molar-refractivity contribution in [2.45, 2.75) is 27.2 Å². The van der Waals surface area contributed by atoms with Crippen LogP contribution in [-0.2, 0) is 0 Å². The van der Waals surface area contributed by atoms with Crippen LogP contribution in [-0.4, -0.2) is 23.3 Å². The molecule has 0 aliphatic rings. The lowest BCUT2D eigenvalue weighted by Gasteiger charge is -2.08. The Labute approximate surface area is 136 Å². The molecular weight excluding hydrogens is 290 g/mol. The van der Waals surface area contributed by atoms with E-state index in [9.17, 15) is 9.59 Å². The molecule has 0 radical (unpaired) electrons. The first-order valence-electron chi connectivity index (χ1n) is 7.63. The molecule has 2 amide bonds. The summed E-state index contributed by atoms with van der Waals surface area (Å²) in [6, 6.07) is 8.92. The van der Waals surface area contributed by atoms with E-state index in [2.05, 4.69) is 15.6 Å². The first-order chi connectivity index (χ1) is 11.0. The lowest BCUT2D eigenvalue weighted by molar-refractivity contribution is 0.0953. The molecule has 1 aromatic carbocycles. The fraction of sp³-hybridized carbons (Fsp3) is 0.278. The van der Waals surface area contributed by atoms with Crippen molar-refractivity contribution >= 4 is 17.5 Å². The van der Waals surface area contributed by atoms with Gasteiger partial charge in [-0.3, -0.25) is 14.6 Å². The van der Waals surface area contributed by atoms with E-state index in [4.69, 9.17) is 0 Å². The minimum Gasteiger partial charge on any atom is -0.352 e. The normalized spacial score (nSPS) is 10.2. The van der Waals surface area contributed by atoms with Crippen LogP contribution >= 0.6 is 0 Å². The number of benzene rings is 1. The number of hydrogen-bond donors (Lipinski definition) is 2. The molecule has 0 saturated heterocycles. The number of aryl methyl sites for hydroxylation is 2. The molecule has 0 fully saturated rings. The molecule has 23 heavy (non-hydrogen) atoms. The fourth-order valence-corrected chi connectivity index (χ4v) is 2.28. The largest absolute Gasteiger partial charge is 0.352 e. The highest BCUT2D eigenvalue weighted by Crippen LogP contribution is 2.15. The number of amides is 2. The summed E-state index contributed by atoms with van der Waals surface area (Å²) in [6.07, 6.45) is 2.33. The van der Waals surface area contributed by atoms with Gasteiger partial charge >= 0.3 is 0 Å². The third-order valence-electron chi connectivity index (χ3n) is 3.27. The summed E-state index contributed by atoms with van der Waals surface area (Å²) in [4.78, 5) is 28.3. The smallest absolute Gasteiger partial charge is 0.274 e. The molecule has 0 aliphatic carbocycles. The van der Waals surface area contributed by atoms with Gasteiger partial charge in [0.1, 0.15) is 5.69 Å². The highest BCUT2D eigenvalue weighted by molar-refractivity contribution is 6.04. The molecule has 5 heteroatoms. The Balaban J connectivity index is 2.14. The predicted octanol–water partition coefficient (Wildman–Crippen LogP) is 3.09. The highest BCUT2D eigenvalue weighted by Gasteiger charge is 2.12. The van der Waals surface area contributed by atoms with Crippen molar-refractivity contribution < 1.29 is 9.59 Å². The summed E-state index contributed by atoms with van der Waals surface area (Å²) < 4.78 is 0. The third kappa shape index (κ3) is 4.64. The zero-order valence-electron chi connectivity index (χ0n) is 13.6. The maximum absolute atomic E-state index is 12.3. The number of hydrogen-bond acceptors (Lipinski definition) is 3. The number of carbonyl (C=O) groups is 2. The number of pyridine rings is 1. The topological polar surface area (TPSA) is 71.1 Å². The lowest BCUT2D eigenvalue weighted by Crippen LogP contribution is -2.24. The Kier molecular flexibility index (Phi) is 5.46. The van der Waals surface area contributed by atoms with Crippen LogP contribution in [0, 0.1) is 13.8 Å². The number of anilines is 1. The van der Waals surface area contributed by atoms with Crippen LogP contribution in [0.2, 0.25) is 0 Å². The Morgan fingerprint density at radius 2 is 1.74 bits per heavy atom. The summed E-state index contributed by atoms with van der Waals surface area (Å²) >= 11 is 0. The molecule has 0 spiro atoms. The van der Waals surface area contributed by atoms with Crippen molar-refractivity contribution in [2.24, 2.45) is 0 Å². The van der Waals surface area contributed by atoms with Crippen molar-refractivity contribution in [1.82, 2.24) is 10.3 Å². The van der Waals surface area contributed by atoms with Gasteiger partial charge < -0.3 is 10.6 Å². The molecule has 1 heterocycles. The van der Waals surface area contributed by atoms with Crippen LogP contribution in [0.1, 0.15) is 45.3 Å². The van der Waals surface area contributed by atoms with Crippen LogP contribution in [0.15, 0.2) is 36.5 Å². The van der Waals surface area contributed by atoms with Gasteiger partial charge in [0.25, 0.3) is 11.8 Å². The Morgan fingerprint density at radius 1 is 1.04 bits per heavy atom. The second kappa shape index (κ2) is 7.54. The van der Waals surface area contributed by atoms with Gasteiger partial charge in [-0.25, -0.2) is 0 Å². The van der Waals surface area contributed by atoms with E-state index in [1.54, 1.807) is 6.07 Å². The van der Waals surface area contributed by atoms with Crippen LogP contribution in [0.25, 0.3) is 0 Å². The van der Waals surface area contributed by atoms with E-state index in [-0.39, 0.29) is 17.5 Å². The van der Waals surface area contributed by atoms with E-state index in [1.807, 2.05) is 39.0 Å². The molecule has 0 bridgehead atoms. The molecule has 2 rings (SSSR count). The Hall–Kier alpha value is -2.69. The van der Waals surface area contributed by atoms with Crippen molar-refractivity contribution in [2.75, 3.05) is 11.9 Å². The predicted molar refractivity (Wildman–Crippen MR) is 90.7 cm³/mol. The number of carbonyl (C=O) groups excluding carboxylic acids is 2. The SMILES string of the molecule is CCCNC(=O)c1ccnc(C(=O)Nc2cc(C)cc(C)c2)c1. The number of rotatable bonds is 5. The average molecular weight is 311 g/mol. The van der Waals surface area contributed by atoms with E-state index in [0.717, 1.165) is 23.2 Å². The standard InChI is InChI=1S/C18H21N3O2/c1-4-6-20-17(22)14-5-7-19-16(11-14)18(23)21-15-9-12(2)8-13(3)10-15/h5,7-11H,4,6H2,1-3H3,(H,20,22)(H,21,23). The molecule has 120 valence electrons. The molecule has 1 aromatic heterocycles. The second-order valence-electron chi connectivity index (χ2n) is 5.52. The van der Waals surface area contributed by atoms with E-state index in [1.165, 1.54) is 12.3 Å². The summed E-state index contributed by atoms with van der Waals surface area (Å²) in [5.74, 6) is -0.533. The van der Waals surface area contributed by atoms with Gasteiger partial charge in [0, 0.05) is 24.0 Å². The summed E-state index contributed by atoms with van der Waals surface area (Å²) in [7, 11) is 0. The van der Waals surface area contributed by atoms with Gasteiger partial charge in [0.15, 0.2) is 0 Å². The first-order valence-corrected chi connectivity index (χ1v) is 7.63. The monoisotopic (exact) mass is 311 g/mol. The van der Waals surface area contributed by atoms with Gasteiger partial charge in [-0.1, -0.05) is 13.0 Å². The summed E-state index contributed by atoms with van der Waals surface area (Å²) in [5.41, 5.74) is 3.50. The number of nitrogens with zero attached hydrogens (tertiary/aromatic N) is 1. The Morgan fingerprint density at radius 3 is 2.39 bits per heavy atom. The lowest BCUT2D eigenvalue weighted by atomic mass is 10.1. The first kappa shape index (κ1) is 16.7. The van der Waals surface area contributed by atoms with Crippen LogP contribution in [0.4, 0.5) is 5.69 Å². The minimum absolute atomic E-state index is 0.199. The molecule has 0 unspecified atom stereocenters. The van der Waals surface area contributed by atoms with Crippen molar-refractivity contribution in [3.8, 4) is 0 Å². The van der Waals surface area contributed by atoms with Crippen LogP contribution in [0.5, 0.6) is 0 Å². The van der Waals surface area contributed by atoms with Gasteiger partial charge in [0.2, 0.25) is 0 Å². The summed E-state index contributed by atoms with van der Waals surface area (Å²) in [6.45, 7) is 6.53. The maximum Gasteiger partial charge on any atom is 0.274 e. The summed E-state index contributed by atoms with van der Waals surface area (Å²) in [5, 5.41) is 5.60. The minimum atomic E-state index is -0.333. The van der Waals surface area contributed by atoms with Crippen molar-refractivity contribution in [1.29, 1.82) is 0 Å². The number of aromatic nitrogens is 1. The van der Waals surface area contributed by atoms with E-state index >= 15 is 0 Å². The molecule has 0 aliphatic heterocycles. The van der Waals surface area contributed by atoms with Gasteiger partial charge in [-0.05, 0) is 55.7 Å². The number of nitrogens with one attached hydrogen (secondary N) is 2. The molecule has 2 N–H and O–H groups in total. The molecule has 0 atom stereocenters. The molecule has 0 saturated carbocycles. The zero-order valence-corrected chi connectivity index (χ0v) is 13.6. The van der Waals surface area contributed by atoms with Crippen molar-refractivity contribution in [3.05, 3.63) is 58.9 Å². The van der Waals surface area contributed by atoms with Gasteiger partial charge in [-0.15, -0.1) is 0 Å². The van der Waals surface area contributed by atoms with Crippen LogP contribution < -0.4 is 10.6 Å².